The predicted molar refractivity (Wildman–Crippen MR) is 187 cm³/mol. The Kier molecular flexibility index (Phi) is 19.5. The van der Waals surface area contributed by atoms with Crippen molar-refractivity contribution in [2.45, 2.75) is 82.6 Å². The second-order valence-corrected chi connectivity index (χ2v) is 11.9. The van der Waals surface area contributed by atoms with E-state index in [1.807, 2.05) is 0 Å². The van der Waals surface area contributed by atoms with E-state index in [-0.39, 0.29) is 56.3 Å². The van der Waals surface area contributed by atoms with Crippen LogP contribution in [0.15, 0.2) is 35.3 Å². The van der Waals surface area contributed by atoms with E-state index in [1.54, 1.807) is 44.2 Å². The number of guanidine groups is 1. The summed E-state index contributed by atoms with van der Waals surface area (Å²) < 4.78 is 0. The molecule has 0 aliphatic rings. The number of benzene rings is 1. The van der Waals surface area contributed by atoms with Gasteiger partial charge in [0.2, 0.25) is 29.5 Å². The van der Waals surface area contributed by atoms with Crippen LogP contribution in [-0.4, -0.2) is 107 Å². The number of nitrogens with zero attached hydrogens (tertiary/aromatic N) is 1. The Hall–Kier alpha value is -4.91. The van der Waals surface area contributed by atoms with Crippen LogP contribution < -0.4 is 43.8 Å². The molecule has 0 unspecified atom stereocenters. The molecule has 50 heavy (non-hydrogen) atoms. The van der Waals surface area contributed by atoms with E-state index in [4.69, 9.17) is 22.3 Å². The molecule has 5 amide bonds. The largest absolute Gasteiger partial charge is 0.481 e. The molecule has 0 aromatic heterocycles. The summed E-state index contributed by atoms with van der Waals surface area (Å²) >= 11 is 4.15. The van der Waals surface area contributed by atoms with Crippen molar-refractivity contribution < 1.29 is 43.8 Å². The maximum Gasteiger partial charge on any atom is 0.326 e. The molecule has 0 aliphatic carbocycles. The zero-order valence-electron chi connectivity index (χ0n) is 28.1. The van der Waals surface area contributed by atoms with Crippen LogP contribution in [0.5, 0.6) is 0 Å². The number of hydrogen-bond donors (Lipinski definition) is 11. The third-order valence-electron chi connectivity index (χ3n) is 7.53. The summed E-state index contributed by atoms with van der Waals surface area (Å²) in [7, 11) is 0. The van der Waals surface area contributed by atoms with Crippen LogP contribution in [0, 0.1) is 5.92 Å². The Morgan fingerprint density at radius 3 is 2.00 bits per heavy atom. The van der Waals surface area contributed by atoms with E-state index in [0.29, 0.717) is 12.0 Å². The monoisotopic (exact) mass is 723 g/mol. The molecule has 0 spiro atoms. The fourth-order valence-electron chi connectivity index (χ4n) is 4.46. The Morgan fingerprint density at radius 2 is 1.44 bits per heavy atom. The number of thiol groups is 1. The van der Waals surface area contributed by atoms with Gasteiger partial charge < -0.3 is 54.0 Å². The molecule has 1 aromatic carbocycles. The van der Waals surface area contributed by atoms with Gasteiger partial charge in [0.25, 0.3) is 0 Å². The second kappa shape index (κ2) is 22.7. The van der Waals surface area contributed by atoms with E-state index in [0.717, 1.165) is 0 Å². The molecule has 0 heterocycles. The van der Waals surface area contributed by atoms with Crippen LogP contribution in [0.1, 0.15) is 51.5 Å². The Bertz CT molecular complexity index is 1350. The van der Waals surface area contributed by atoms with Gasteiger partial charge in [-0.2, -0.15) is 12.6 Å². The summed E-state index contributed by atoms with van der Waals surface area (Å²) in [4.78, 5) is 91.6. The molecule has 19 heteroatoms. The lowest BCUT2D eigenvalue weighted by Gasteiger charge is -2.26. The number of carbonyl (C=O) groups excluding carboxylic acids is 5. The average molecular weight is 724 g/mol. The third-order valence-corrected chi connectivity index (χ3v) is 7.90. The molecule has 6 atom stereocenters. The van der Waals surface area contributed by atoms with Crippen LogP contribution in [0.25, 0.3) is 0 Å². The predicted octanol–water partition coefficient (Wildman–Crippen LogP) is -2.41. The van der Waals surface area contributed by atoms with Crippen molar-refractivity contribution in [3.05, 3.63) is 35.9 Å². The standard InChI is InChI=1S/C31H49N9O9S/c1-3-17(2)25(30(48)49)40-23(41)15-36-27(45)22(16-50)39-29(47)21(14-18-8-5-4-6-9-18)38-28(46)20(10-7-13-35-31(33)34)37-26(44)19(32)11-12-24(42)43/h4-6,8-9,17,19-22,25,50H,3,7,10-16,32H2,1-2H3,(H,36,45)(H,37,44)(H,38,46)(H,39,47)(H,40,41)(H,42,43)(H,48,49)(H4,33,34,35)/t17-,19-,20-,21-,22-,25-/m0/s1. The van der Waals surface area contributed by atoms with Crippen molar-refractivity contribution in [1.29, 1.82) is 0 Å². The molecular formula is C31H49N9O9S. The molecule has 13 N–H and O–H groups in total. The highest BCUT2D eigenvalue weighted by Crippen LogP contribution is 2.09. The highest BCUT2D eigenvalue weighted by Gasteiger charge is 2.31. The van der Waals surface area contributed by atoms with Crippen LogP contribution >= 0.6 is 12.6 Å². The molecule has 1 rings (SSSR count). The first-order chi connectivity index (χ1) is 23.6. The number of aliphatic imine (C=N–C) groups is 1. The van der Waals surface area contributed by atoms with Crippen molar-refractivity contribution in [3.8, 4) is 0 Å². The Balaban J connectivity index is 3.13. The number of nitrogens with two attached hydrogens (primary N) is 3. The number of hydrogen-bond acceptors (Lipinski definition) is 10. The van der Waals surface area contributed by atoms with Gasteiger partial charge >= 0.3 is 11.9 Å². The van der Waals surface area contributed by atoms with Crippen molar-refractivity contribution >= 4 is 60.1 Å². The van der Waals surface area contributed by atoms with E-state index in [2.05, 4.69) is 44.2 Å². The molecule has 0 radical (unpaired) electrons. The van der Waals surface area contributed by atoms with E-state index < -0.39 is 78.2 Å². The van der Waals surface area contributed by atoms with Gasteiger partial charge in [-0.05, 0) is 30.7 Å². The maximum absolute atomic E-state index is 13.6. The van der Waals surface area contributed by atoms with E-state index in [9.17, 15) is 38.7 Å². The minimum Gasteiger partial charge on any atom is -0.481 e. The summed E-state index contributed by atoms with van der Waals surface area (Å²) in [5, 5.41) is 30.7. The van der Waals surface area contributed by atoms with Crippen LogP contribution in [0.2, 0.25) is 0 Å². The lowest BCUT2D eigenvalue weighted by molar-refractivity contribution is -0.143. The van der Waals surface area contributed by atoms with Gasteiger partial charge in [0.15, 0.2) is 5.96 Å². The number of amides is 5. The van der Waals surface area contributed by atoms with Crippen LogP contribution in [0.3, 0.4) is 0 Å². The molecule has 0 saturated carbocycles. The molecule has 0 fully saturated rings. The molecule has 0 bridgehead atoms. The number of carbonyl (C=O) groups is 7. The molecule has 1 aromatic rings. The first kappa shape index (κ1) is 43.1. The lowest BCUT2D eigenvalue weighted by atomic mass is 9.99. The molecule has 0 saturated heterocycles. The summed E-state index contributed by atoms with van der Waals surface area (Å²) in [5.41, 5.74) is 17.2. The molecule has 0 aliphatic heterocycles. The molecular weight excluding hydrogens is 674 g/mol. The fourth-order valence-corrected chi connectivity index (χ4v) is 4.71. The Morgan fingerprint density at radius 1 is 0.840 bits per heavy atom. The quantitative estimate of drug-likeness (QED) is 0.0244. The summed E-state index contributed by atoms with van der Waals surface area (Å²) in [6.45, 7) is 2.98. The first-order valence-electron chi connectivity index (χ1n) is 16.0. The smallest absolute Gasteiger partial charge is 0.326 e. The number of carboxylic acid groups (broad SMARTS) is 2. The van der Waals surface area contributed by atoms with Gasteiger partial charge in [0, 0.05) is 25.1 Å². The minimum atomic E-state index is -1.27. The van der Waals surface area contributed by atoms with Crippen LogP contribution in [-0.2, 0) is 40.0 Å². The fraction of sp³-hybridized carbons (Fsp3) is 0.548. The average Bonchev–Trinajstić information content (AvgIpc) is 3.07. The topological polar surface area (TPSA) is 311 Å². The van der Waals surface area contributed by atoms with E-state index >= 15 is 0 Å². The zero-order valence-corrected chi connectivity index (χ0v) is 29.0. The number of nitrogens with one attached hydrogen (secondary N) is 5. The lowest BCUT2D eigenvalue weighted by Crippen LogP contribution is -2.59. The SMILES string of the molecule is CC[C@H](C)[C@H](NC(=O)CNC(=O)[C@H](CS)NC(=O)[C@H](Cc1ccccc1)NC(=O)[C@H](CCCN=C(N)N)NC(=O)[C@@H](N)CCC(=O)O)C(=O)O. The number of aliphatic carboxylic acids is 2. The van der Waals surface area contributed by atoms with Crippen molar-refractivity contribution in [1.82, 2.24) is 26.6 Å². The van der Waals surface area contributed by atoms with Crippen molar-refractivity contribution in [3.63, 3.8) is 0 Å². The highest BCUT2D eigenvalue weighted by molar-refractivity contribution is 7.80. The van der Waals surface area contributed by atoms with Gasteiger partial charge in [-0.25, -0.2) is 4.79 Å². The van der Waals surface area contributed by atoms with Crippen molar-refractivity contribution in [2.24, 2.45) is 28.1 Å². The maximum atomic E-state index is 13.6. The van der Waals surface area contributed by atoms with Gasteiger partial charge in [-0.1, -0.05) is 50.6 Å². The molecule has 278 valence electrons. The highest BCUT2D eigenvalue weighted by atomic mass is 32.1. The normalized spacial score (nSPS) is 14.3. The summed E-state index contributed by atoms with van der Waals surface area (Å²) in [6.07, 6.45) is 0.152. The zero-order chi connectivity index (χ0) is 37.8. The second-order valence-electron chi connectivity index (χ2n) is 11.5. The van der Waals surface area contributed by atoms with Gasteiger partial charge in [-0.3, -0.25) is 33.8 Å². The third kappa shape index (κ3) is 16.5. The number of rotatable bonds is 23. The van der Waals surface area contributed by atoms with Crippen molar-refractivity contribution in [2.75, 3.05) is 18.8 Å². The number of carboxylic acids is 2. The van der Waals surface area contributed by atoms with Crippen LogP contribution in [0.4, 0.5) is 0 Å². The van der Waals surface area contributed by atoms with Gasteiger partial charge in [0.05, 0.1) is 12.6 Å². The van der Waals surface area contributed by atoms with E-state index in [1.165, 1.54) is 0 Å². The Labute approximate surface area is 295 Å². The van der Waals surface area contributed by atoms with Gasteiger partial charge in [0.1, 0.15) is 24.2 Å². The minimum absolute atomic E-state index is 0.0170. The summed E-state index contributed by atoms with van der Waals surface area (Å²) in [5.74, 6) is -7.00. The first-order valence-corrected chi connectivity index (χ1v) is 16.6. The molecule has 18 nitrogen and oxygen atoms in total. The summed E-state index contributed by atoms with van der Waals surface area (Å²) in [6, 6.07) is 2.48. The van der Waals surface area contributed by atoms with Gasteiger partial charge in [-0.15, -0.1) is 0 Å².